The molecule has 0 unspecified atom stereocenters. The van der Waals surface area contributed by atoms with Gasteiger partial charge in [-0.25, -0.2) is 4.98 Å². The van der Waals surface area contributed by atoms with Crippen molar-refractivity contribution in [3.63, 3.8) is 0 Å². The number of nitrogens with zero attached hydrogens (tertiary/aromatic N) is 4. The number of alkyl halides is 3. The third-order valence-corrected chi connectivity index (χ3v) is 4.88. The van der Waals surface area contributed by atoms with E-state index in [2.05, 4.69) is 20.4 Å². The Hall–Kier alpha value is -3.25. The van der Waals surface area contributed by atoms with E-state index in [1.165, 1.54) is 17.4 Å². The molecule has 0 aliphatic carbocycles. The van der Waals surface area contributed by atoms with Crippen molar-refractivity contribution >= 4 is 21.4 Å². The SMILES string of the molecule is N#Cc1n[nH]nc1-c1cccc(-c2cc3cc(C(F)(F)F)ccc3s2)n1. The minimum Gasteiger partial charge on any atom is -0.245 e. The molecule has 1 aromatic carbocycles. The largest absolute Gasteiger partial charge is 0.416 e. The highest BCUT2D eigenvalue weighted by Gasteiger charge is 2.30. The molecule has 0 aliphatic rings. The van der Waals surface area contributed by atoms with Crippen LogP contribution in [0.4, 0.5) is 13.2 Å². The molecule has 3 heterocycles. The highest BCUT2D eigenvalue weighted by Crippen LogP contribution is 2.37. The normalized spacial score (nSPS) is 11.6. The van der Waals surface area contributed by atoms with E-state index in [1.54, 1.807) is 24.3 Å². The molecule has 9 heteroatoms. The van der Waals surface area contributed by atoms with Gasteiger partial charge in [0.15, 0.2) is 5.69 Å². The van der Waals surface area contributed by atoms with Crippen molar-refractivity contribution < 1.29 is 13.2 Å². The fraction of sp³-hybridized carbons (Fsp3) is 0.0588. The molecule has 0 aliphatic heterocycles. The predicted molar refractivity (Wildman–Crippen MR) is 90.1 cm³/mol. The molecule has 5 nitrogen and oxygen atoms in total. The van der Waals surface area contributed by atoms with Gasteiger partial charge < -0.3 is 0 Å². The van der Waals surface area contributed by atoms with Crippen LogP contribution in [0, 0.1) is 11.3 Å². The van der Waals surface area contributed by atoms with Crippen LogP contribution in [-0.4, -0.2) is 20.4 Å². The van der Waals surface area contributed by atoms with Crippen molar-refractivity contribution in [3.8, 4) is 28.0 Å². The monoisotopic (exact) mass is 371 g/mol. The highest BCUT2D eigenvalue weighted by molar-refractivity contribution is 7.22. The molecule has 0 atom stereocenters. The van der Waals surface area contributed by atoms with Gasteiger partial charge >= 0.3 is 6.18 Å². The first-order valence-corrected chi connectivity index (χ1v) is 8.17. The van der Waals surface area contributed by atoms with E-state index in [0.717, 1.165) is 21.7 Å². The minimum absolute atomic E-state index is 0.126. The molecule has 0 spiro atoms. The summed E-state index contributed by atoms with van der Waals surface area (Å²) in [7, 11) is 0. The summed E-state index contributed by atoms with van der Waals surface area (Å²) in [5.74, 6) is 0. The van der Waals surface area contributed by atoms with Gasteiger partial charge in [-0.05, 0) is 41.8 Å². The third-order valence-electron chi connectivity index (χ3n) is 3.74. The molecule has 0 bridgehead atoms. The summed E-state index contributed by atoms with van der Waals surface area (Å²) in [4.78, 5) is 5.20. The van der Waals surface area contributed by atoms with Crippen molar-refractivity contribution in [1.29, 1.82) is 5.26 Å². The number of hydrogen-bond donors (Lipinski definition) is 1. The fourth-order valence-electron chi connectivity index (χ4n) is 2.54. The zero-order chi connectivity index (χ0) is 18.3. The van der Waals surface area contributed by atoms with Gasteiger partial charge in [-0.1, -0.05) is 6.07 Å². The lowest BCUT2D eigenvalue weighted by Gasteiger charge is -2.05. The Kier molecular flexibility index (Phi) is 3.70. The number of nitrogens with one attached hydrogen (secondary N) is 1. The maximum Gasteiger partial charge on any atom is 0.416 e. The first-order chi connectivity index (χ1) is 12.5. The number of H-pyrrole nitrogens is 1. The minimum atomic E-state index is -4.38. The number of pyridine rings is 1. The smallest absolute Gasteiger partial charge is 0.245 e. The number of halogens is 3. The Bertz CT molecular complexity index is 1150. The summed E-state index contributed by atoms with van der Waals surface area (Å²) >= 11 is 1.35. The van der Waals surface area contributed by atoms with E-state index in [0.29, 0.717) is 22.5 Å². The van der Waals surface area contributed by atoms with Crippen LogP contribution in [0.2, 0.25) is 0 Å². The van der Waals surface area contributed by atoms with Crippen LogP contribution in [0.3, 0.4) is 0 Å². The summed E-state index contributed by atoms with van der Waals surface area (Å²) in [5, 5.41) is 19.6. The van der Waals surface area contributed by atoms with Gasteiger partial charge in [0.1, 0.15) is 11.8 Å². The summed E-state index contributed by atoms with van der Waals surface area (Å²) in [6, 6.07) is 12.5. The number of nitriles is 1. The maximum atomic E-state index is 12.9. The van der Waals surface area contributed by atoms with Crippen LogP contribution in [0.15, 0.2) is 42.5 Å². The van der Waals surface area contributed by atoms with Crippen molar-refractivity contribution in [1.82, 2.24) is 20.4 Å². The van der Waals surface area contributed by atoms with Crippen LogP contribution in [-0.2, 0) is 6.18 Å². The molecule has 3 aromatic heterocycles. The number of benzene rings is 1. The Labute approximate surface area is 148 Å². The van der Waals surface area contributed by atoms with E-state index >= 15 is 0 Å². The zero-order valence-electron chi connectivity index (χ0n) is 12.9. The predicted octanol–water partition coefficient (Wildman–Crippen LogP) is 4.64. The first-order valence-electron chi connectivity index (χ1n) is 7.35. The lowest BCUT2D eigenvalue weighted by molar-refractivity contribution is -0.137. The molecule has 0 radical (unpaired) electrons. The number of aromatic amines is 1. The van der Waals surface area contributed by atoms with Gasteiger partial charge in [0, 0.05) is 4.70 Å². The molecule has 4 rings (SSSR count). The van der Waals surface area contributed by atoms with Crippen LogP contribution in [0.1, 0.15) is 11.3 Å². The van der Waals surface area contributed by atoms with E-state index < -0.39 is 11.7 Å². The summed E-state index contributed by atoms with van der Waals surface area (Å²) in [6.45, 7) is 0. The van der Waals surface area contributed by atoms with Gasteiger partial charge in [-0.3, -0.25) is 0 Å². The summed E-state index contributed by atoms with van der Waals surface area (Å²) < 4.78 is 39.4. The zero-order valence-corrected chi connectivity index (χ0v) is 13.7. The molecule has 26 heavy (non-hydrogen) atoms. The van der Waals surface area contributed by atoms with Crippen LogP contribution in [0.25, 0.3) is 32.0 Å². The highest BCUT2D eigenvalue weighted by atomic mass is 32.1. The van der Waals surface area contributed by atoms with Crippen LogP contribution >= 0.6 is 11.3 Å². The average molecular weight is 371 g/mol. The van der Waals surface area contributed by atoms with Gasteiger partial charge in [0.2, 0.25) is 0 Å². The summed E-state index contributed by atoms with van der Waals surface area (Å²) in [6.07, 6.45) is -4.38. The Morgan fingerprint density at radius 1 is 1.04 bits per heavy atom. The topological polar surface area (TPSA) is 78.2 Å². The lowest BCUT2D eigenvalue weighted by atomic mass is 10.1. The maximum absolute atomic E-state index is 12.9. The number of hydrogen-bond acceptors (Lipinski definition) is 5. The quantitative estimate of drug-likeness (QED) is 0.557. The third kappa shape index (κ3) is 2.80. The molecular weight excluding hydrogens is 363 g/mol. The Morgan fingerprint density at radius 3 is 2.62 bits per heavy atom. The molecule has 0 saturated carbocycles. The summed E-state index contributed by atoms with van der Waals surface area (Å²) in [5.41, 5.74) is 0.818. The number of thiophene rings is 1. The van der Waals surface area contributed by atoms with Gasteiger partial charge in [-0.15, -0.1) is 16.4 Å². The molecule has 0 saturated heterocycles. The first kappa shape index (κ1) is 16.2. The van der Waals surface area contributed by atoms with Gasteiger partial charge in [0.05, 0.1) is 21.8 Å². The molecule has 1 N–H and O–H groups in total. The van der Waals surface area contributed by atoms with Gasteiger partial charge in [-0.2, -0.15) is 28.7 Å². The van der Waals surface area contributed by atoms with E-state index in [4.69, 9.17) is 5.26 Å². The van der Waals surface area contributed by atoms with Crippen molar-refractivity contribution in [2.75, 3.05) is 0 Å². The molecule has 0 amide bonds. The number of fused-ring (bicyclic) bond motifs is 1. The molecule has 128 valence electrons. The van der Waals surface area contributed by atoms with Crippen molar-refractivity contribution in [2.45, 2.75) is 6.18 Å². The molecule has 4 aromatic rings. The second kappa shape index (κ2) is 5.93. The fourth-order valence-corrected chi connectivity index (χ4v) is 3.55. The molecular formula is C17H8F3N5S. The lowest BCUT2D eigenvalue weighted by Crippen LogP contribution is -2.03. The van der Waals surface area contributed by atoms with Crippen LogP contribution in [0.5, 0.6) is 0 Å². The van der Waals surface area contributed by atoms with E-state index in [9.17, 15) is 13.2 Å². The van der Waals surface area contributed by atoms with Crippen molar-refractivity contribution in [3.05, 3.63) is 53.7 Å². The number of aromatic nitrogens is 4. The van der Waals surface area contributed by atoms with E-state index in [1.807, 2.05) is 6.07 Å². The standard InChI is InChI=1S/C17H8F3N5S/c18-17(19,20)10-4-5-14-9(6-10)7-15(26-14)11-2-1-3-12(22-11)16-13(8-21)23-25-24-16/h1-7H,(H,23,24,25). The van der Waals surface area contributed by atoms with Crippen LogP contribution < -0.4 is 0 Å². The second-order valence-corrected chi connectivity index (χ2v) is 6.49. The number of rotatable bonds is 2. The Morgan fingerprint density at radius 2 is 1.85 bits per heavy atom. The van der Waals surface area contributed by atoms with Crippen molar-refractivity contribution in [2.24, 2.45) is 0 Å². The van der Waals surface area contributed by atoms with E-state index in [-0.39, 0.29) is 5.69 Å². The Balaban J connectivity index is 1.79. The van der Waals surface area contributed by atoms with Gasteiger partial charge in [0.25, 0.3) is 0 Å². The average Bonchev–Trinajstić information content (AvgIpc) is 3.27. The molecule has 0 fully saturated rings. The second-order valence-electron chi connectivity index (χ2n) is 5.40.